The minimum absolute atomic E-state index is 0.594. The van der Waals surface area contributed by atoms with Crippen LogP contribution in [0.4, 0.5) is 0 Å². The van der Waals surface area contributed by atoms with Gasteiger partial charge in [-0.1, -0.05) is 12.8 Å². The second-order valence-corrected chi connectivity index (χ2v) is 5.35. The molecule has 2 aliphatic heterocycles. The molecule has 0 aromatic heterocycles. The smallest absolute Gasteiger partial charge is 0.0623 e. The lowest BCUT2D eigenvalue weighted by molar-refractivity contribution is 0.0851. The Morgan fingerprint density at radius 1 is 1.29 bits per heavy atom. The predicted octanol–water partition coefficient (Wildman–Crippen LogP) is 1.94. The van der Waals surface area contributed by atoms with Gasteiger partial charge in [-0.05, 0) is 38.6 Å². The number of rotatable bonds is 4. The lowest BCUT2D eigenvalue weighted by Crippen LogP contribution is -2.39. The fourth-order valence-corrected chi connectivity index (χ4v) is 3.32. The fourth-order valence-electron chi connectivity index (χ4n) is 3.32. The Bertz CT molecular complexity index is 214. The maximum atomic E-state index is 5.93. The molecule has 2 saturated heterocycles. The largest absolute Gasteiger partial charge is 0.375 e. The Morgan fingerprint density at radius 3 is 2.64 bits per heavy atom. The van der Waals surface area contributed by atoms with Gasteiger partial charge >= 0.3 is 0 Å². The molecule has 2 nitrogen and oxygen atoms in total. The molecule has 1 aliphatic carbocycles. The van der Waals surface area contributed by atoms with Gasteiger partial charge in [0.1, 0.15) is 0 Å². The summed E-state index contributed by atoms with van der Waals surface area (Å²) in [6, 6.07) is 0.734. The van der Waals surface area contributed by atoms with E-state index in [0.29, 0.717) is 12.2 Å². The Morgan fingerprint density at radius 2 is 2.14 bits per heavy atom. The van der Waals surface area contributed by atoms with Gasteiger partial charge < -0.3 is 10.1 Å². The SMILES string of the molecule is CNC(CC1CC1)C1CC2CCC1O2. The Hall–Kier alpha value is -0.0800. The molecule has 0 radical (unpaired) electrons. The van der Waals surface area contributed by atoms with E-state index in [-0.39, 0.29) is 0 Å². The molecule has 4 atom stereocenters. The van der Waals surface area contributed by atoms with Crippen LogP contribution in [0, 0.1) is 11.8 Å². The summed E-state index contributed by atoms with van der Waals surface area (Å²) in [5, 5.41) is 3.52. The standard InChI is InChI=1S/C12H21NO/c1-13-11(6-8-2-3-8)10-7-9-4-5-12(10)14-9/h8-13H,2-7H2,1H3. The van der Waals surface area contributed by atoms with Crippen LogP contribution in [-0.2, 0) is 4.74 Å². The highest BCUT2D eigenvalue weighted by Crippen LogP contribution is 2.43. The Kier molecular flexibility index (Phi) is 2.29. The predicted molar refractivity (Wildman–Crippen MR) is 56.2 cm³/mol. The second-order valence-electron chi connectivity index (χ2n) is 5.35. The lowest BCUT2D eigenvalue weighted by atomic mass is 9.82. The zero-order valence-corrected chi connectivity index (χ0v) is 9.04. The summed E-state index contributed by atoms with van der Waals surface area (Å²) in [7, 11) is 2.12. The van der Waals surface area contributed by atoms with Crippen LogP contribution in [0.1, 0.15) is 38.5 Å². The van der Waals surface area contributed by atoms with E-state index in [4.69, 9.17) is 4.74 Å². The number of ether oxygens (including phenoxy) is 1. The van der Waals surface area contributed by atoms with Crippen LogP contribution < -0.4 is 5.32 Å². The summed E-state index contributed by atoms with van der Waals surface area (Å²) in [6.45, 7) is 0. The molecule has 0 aromatic carbocycles. The van der Waals surface area contributed by atoms with Crippen LogP contribution in [0.3, 0.4) is 0 Å². The first-order chi connectivity index (χ1) is 6.86. The molecule has 2 bridgehead atoms. The number of hydrogen-bond acceptors (Lipinski definition) is 2. The summed E-state index contributed by atoms with van der Waals surface area (Å²) < 4.78 is 5.93. The first kappa shape index (κ1) is 9.17. The Labute approximate surface area is 86.4 Å². The molecule has 4 unspecified atom stereocenters. The molecule has 1 saturated carbocycles. The van der Waals surface area contributed by atoms with Crippen molar-refractivity contribution >= 4 is 0 Å². The third-order valence-corrected chi connectivity index (χ3v) is 4.32. The third kappa shape index (κ3) is 1.59. The number of hydrogen-bond donors (Lipinski definition) is 1. The van der Waals surface area contributed by atoms with Crippen molar-refractivity contribution in [3.05, 3.63) is 0 Å². The quantitative estimate of drug-likeness (QED) is 0.740. The van der Waals surface area contributed by atoms with Gasteiger partial charge in [0.2, 0.25) is 0 Å². The molecule has 0 spiro atoms. The molecule has 14 heavy (non-hydrogen) atoms. The Balaban J connectivity index is 1.61. The topological polar surface area (TPSA) is 21.3 Å². The molecular weight excluding hydrogens is 174 g/mol. The zero-order chi connectivity index (χ0) is 9.54. The minimum Gasteiger partial charge on any atom is -0.375 e. The second kappa shape index (κ2) is 3.49. The molecule has 3 fully saturated rings. The first-order valence-electron chi connectivity index (χ1n) is 6.19. The maximum Gasteiger partial charge on any atom is 0.0623 e. The van der Waals surface area contributed by atoms with E-state index in [0.717, 1.165) is 17.9 Å². The third-order valence-electron chi connectivity index (χ3n) is 4.32. The molecule has 2 heteroatoms. The van der Waals surface area contributed by atoms with Gasteiger partial charge in [0.25, 0.3) is 0 Å². The summed E-state index contributed by atoms with van der Waals surface area (Å²) in [6.07, 6.45) is 9.51. The normalized spacial score (nSPS) is 43.1. The summed E-state index contributed by atoms with van der Waals surface area (Å²) in [5.41, 5.74) is 0. The highest BCUT2D eigenvalue weighted by molar-refractivity contribution is 4.96. The molecule has 1 N–H and O–H groups in total. The van der Waals surface area contributed by atoms with Crippen LogP contribution in [0.2, 0.25) is 0 Å². The van der Waals surface area contributed by atoms with Crippen molar-refractivity contribution in [2.75, 3.05) is 7.05 Å². The van der Waals surface area contributed by atoms with Gasteiger partial charge in [-0.15, -0.1) is 0 Å². The molecule has 80 valence electrons. The van der Waals surface area contributed by atoms with Gasteiger partial charge in [-0.3, -0.25) is 0 Å². The molecule has 3 rings (SSSR count). The van der Waals surface area contributed by atoms with Crippen molar-refractivity contribution in [1.29, 1.82) is 0 Å². The van der Waals surface area contributed by atoms with E-state index in [1.165, 1.54) is 38.5 Å². The van der Waals surface area contributed by atoms with Crippen LogP contribution in [0.5, 0.6) is 0 Å². The maximum absolute atomic E-state index is 5.93. The van der Waals surface area contributed by atoms with Gasteiger partial charge in [-0.25, -0.2) is 0 Å². The van der Waals surface area contributed by atoms with Crippen molar-refractivity contribution in [1.82, 2.24) is 5.32 Å². The molecule has 3 aliphatic rings. The van der Waals surface area contributed by atoms with Crippen molar-refractivity contribution in [2.24, 2.45) is 11.8 Å². The van der Waals surface area contributed by atoms with E-state index >= 15 is 0 Å². The van der Waals surface area contributed by atoms with E-state index in [9.17, 15) is 0 Å². The average molecular weight is 195 g/mol. The summed E-state index contributed by atoms with van der Waals surface area (Å²) in [5.74, 6) is 1.85. The van der Waals surface area contributed by atoms with Gasteiger partial charge in [-0.2, -0.15) is 0 Å². The first-order valence-corrected chi connectivity index (χ1v) is 6.19. The molecule has 0 amide bonds. The highest BCUT2D eigenvalue weighted by atomic mass is 16.5. The fraction of sp³-hybridized carbons (Fsp3) is 1.00. The summed E-state index contributed by atoms with van der Waals surface area (Å²) >= 11 is 0. The number of fused-ring (bicyclic) bond motifs is 2. The molecular formula is C12H21NO. The van der Waals surface area contributed by atoms with Crippen LogP contribution in [0.25, 0.3) is 0 Å². The zero-order valence-electron chi connectivity index (χ0n) is 9.04. The molecule has 2 heterocycles. The van der Waals surface area contributed by atoms with Gasteiger partial charge in [0, 0.05) is 12.0 Å². The number of nitrogens with one attached hydrogen (secondary N) is 1. The van der Waals surface area contributed by atoms with Crippen LogP contribution >= 0.6 is 0 Å². The van der Waals surface area contributed by atoms with Crippen molar-refractivity contribution in [3.63, 3.8) is 0 Å². The average Bonchev–Trinajstić information content (AvgIpc) is 2.77. The lowest BCUT2D eigenvalue weighted by Gasteiger charge is -2.28. The van der Waals surface area contributed by atoms with Crippen molar-refractivity contribution in [2.45, 2.75) is 56.8 Å². The van der Waals surface area contributed by atoms with Crippen LogP contribution in [-0.4, -0.2) is 25.3 Å². The summed E-state index contributed by atoms with van der Waals surface area (Å²) in [4.78, 5) is 0. The monoisotopic (exact) mass is 195 g/mol. The van der Waals surface area contributed by atoms with Gasteiger partial charge in [0.15, 0.2) is 0 Å². The van der Waals surface area contributed by atoms with E-state index in [1.54, 1.807) is 0 Å². The van der Waals surface area contributed by atoms with E-state index < -0.39 is 0 Å². The van der Waals surface area contributed by atoms with Crippen molar-refractivity contribution < 1.29 is 4.74 Å². The van der Waals surface area contributed by atoms with Crippen molar-refractivity contribution in [3.8, 4) is 0 Å². The molecule has 0 aromatic rings. The highest BCUT2D eigenvalue weighted by Gasteiger charge is 2.44. The van der Waals surface area contributed by atoms with E-state index in [1.807, 2.05) is 0 Å². The van der Waals surface area contributed by atoms with Crippen LogP contribution in [0.15, 0.2) is 0 Å². The minimum atomic E-state index is 0.594. The van der Waals surface area contributed by atoms with Gasteiger partial charge in [0.05, 0.1) is 12.2 Å². The van der Waals surface area contributed by atoms with E-state index in [2.05, 4.69) is 12.4 Å².